The van der Waals surface area contributed by atoms with Gasteiger partial charge in [0.1, 0.15) is 6.04 Å². The zero-order valence-electron chi connectivity index (χ0n) is 8.73. The molecule has 5 nitrogen and oxygen atoms in total. The Bertz CT molecular complexity index is 359. The molecule has 0 aromatic heterocycles. The highest BCUT2D eigenvalue weighted by Gasteiger charge is 2.72. The third kappa shape index (κ3) is 1.18. The number of carbonyl (C=O) groups is 2. The van der Waals surface area contributed by atoms with E-state index in [2.05, 4.69) is 0 Å². The van der Waals surface area contributed by atoms with E-state index in [0.29, 0.717) is 0 Å². The molecule has 0 spiro atoms. The van der Waals surface area contributed by atoms with E-state index < -0.39 is 6.04 Å². The number of nitrogens with zero attached hydrogens (tertiary/aromatic N) is 2. The maximum atomic E-state index is 11.8. The fourth-order valence-corrected chi connectivity index (χ4v) is 2.42. The van der Waals surface area contributed by atoms with E-state index >= 15 is 0 Å². The van der Waals surface area contributed by atoms with Gasteiger partial charge in [-0.1, -0.05) is 13.8 Å². The van der Waals surface area contributed by atoms with E-state index in [1.54, 1.807) is 0 Å². The van der Waals surface area contributed by atoms with Crippen LogP contribution in [0.5, 0.6) is 0 Å². The monoisotopic (exact) mass is 207 g/mol. The minimum absolute atomic E-state index is 0.0250. The Labute approximate surface area is 87.8 Å². The quantitative estimate of drug-likeness (QED) is 0.617. The Morgan fingerprint density at radius 2 is 1.93 bits per heavy atom. The van der Waals surface area contributed by atoms with Crippen molar-refractivity contribution in [3.63, 3.8) is 0 Å². The number of amides is 2. The van der Waals surface area contributed by atoms with Crippen LogP contribution >= 0.6 is 0 Å². The van der Waals surface area contributed by atoms with E-state index in [4.69, 9.17) is 11.0 Å². The molecular formula is C10H13N3O2. The highest BCUT2D eigenvalue weighted by Crippen LogP contribution is 2.63. The molecule has 15 heavy (non-hydrogen) atoms. The van der Waals surface area contributed by atoms with Crippen molar-refractivity contribution < 1.29 is 9.59 Å². The Balaban J connectivity index is 2.12. The van der Waals surface area contributed by atoms with Gasteiger partial charge in [-0.15, -0.1) is 0 Å². The Kier molecular flexibility index (Phi) is 1.89. The molecule has 1 saturated heterocycles. The summed E-state index contributed by atoms with van der Waals surface area (Å²) in [6.07, 6.45) is 0. The van der Waals surface area contributed by atoms with Gasteiger partial charge in [0.25, 0.3) is 0 Å². The van der Waals surface area contributed by atoms with Gasteiger partial charge in [0, 0.05) is 0 Å². The van der Waals surface area contributed by atoms with E-state index in [1.807, 2.05) is 19.9 Å². The van der Waals surface area contributed by atoms with Crippen molar-refractivity contribution in [3.05, 3.63) is 0 Å². The van der Waals surface area contributed by atoms with Gasteiger partial charge in [-0.25, -0.2) is 0 Å². The van der Waals surface area contributed by atoms with Crippen molar-refractivity contribution in [2.75, 3.05) is 6.54 Å². The highest BCUT2D eigenvalue weighted by molar-refractivity contribution is 6.10. The second-order valence-electron chi connectivity index (χ2n) is 4.80. The molecule has 3 atom stereocenters. The number of fused-ring (bicyclic) bond motifs is 1. The lowest BCUT2D eigenvalue weighted by atomic mass is 10.1. The maximum absolute atomic E-state index is 11.8. The number of imide groups is 1. The summed E-state index contributed by atoms with van der Waals surface area (Å²) < 4.78 is 0. The number of rotatable bonds is 2. The summed E-state index contributed by atoms with van der Waals surface area (Å²) in [6.45, 7) is 3.86. The van der Waals surface area contributed by atoms with Crippen LogP contribution in [-0.4, -0.2) is 29.3 Å². The molecule has 1 aliphatic heterocycles. The minimum Gasteiger partial charge on any atom is -0.314 e. The molecule has 1 heterocycles. The van der Waals surface area contributed by atoms with Crippen LogP contribution in [0.25, 0.3) is 0 Å². The molecule has 2 N–H and O–H groups in total. The van der Waals surface area contributed by atoms with Gasteiger partial charge in [-0.2, -0.15) is 5.26 Å². The molecular weight excluding hydrogens is 194 g/mol. The van der Waals surface area contributed by atoms with Crippen LogP contribution in [-0.2, 0) is 9.59 Å². The topological polar surface area (TPSA) is 87.2 Å². The van der Waals surface area contributed by atoms with Gasteiger partial charge in [0.05, 0.1) is 24.4 Å². The Morgan fingerprint density at radius 1 is 1.47 bits per heavy atom. The van der Waals surface area contributed by atoms with Crippen LogP contribution in [0.2, 0.25) is 0 Å². The Morgan fingerprint density at radius 3 is 2.33 bits per heavy atom. The lowest BCUT2D eigenvalue weighted by Gasteiger charge is -2.20. The number of nitrogens with two attached hydrogens (primary N) is 1. The van der Waals surface area contributed by atoms with Crippen LogP contribution < -0.4 is 5.73 Å². The van der Waals surface area contributed by atoms with Gasteiger partial charge in [-0.05, 0) is 5.41 Å². The summed E-state index contributed by atoms with van der Waals surface area (Å²) in [7, 11) is 0. The van der Waals surface area contributed by atoms with E-state index in [9.17, 15) is 9.59 Å². The molecule has 1 aliphatic carbocycles. The SMILES string of the molecule is CC1(C)C2C(=O)N(CC(N)C#N)C(=O)C21. The summed E-state index contributed by atoms with van der Waals surface area (Å²) in [5, 5.41) is 8.52. The van der Waals surface area contributed by atoms with Crippen molar-refractivity contribution in [2.24, 2.45) is 23.0 Å². The standard InChI is InChI=1S/C10H13N3O2/c1-10(2)6-7(10)9(15)13(8(6)14)4-5(12)3-11/h5-7H,4,12H2,1-2H3. The lowest BCUT2D eigenvalue weighted by molar-refractivity contribution is -0.143. The number of hydrogen-bond donors (Lipinski definition) is 1. The zero-order valence-corrected chi connectivity index (χ0v) is 8.73. The van der Waals surface area contributed by atoms with Gasteiger partial charge < -0.3 is 5.73 Å². The predicted molar refractivity (Wildman–Crippen MR) is 51.1 cm³/mol. The molecule has 0 radical (unpaired) electrons. The van der Waals surface area contributed by atoms with Crippen LogP contribution in [0.4, 0.5) is 0 Å². The van der Waals surface area contributed by atoms with E-state index in [-0.39, 0.29) is 35.6 Å². The summed E-state index contributed by atoms with van der Waals surface area (Å²) in [4.78, 5) is 24.7. The maximum Gasteiger partial charge on any atom is 0.233 e. The van der Waals surface area contributed by atoms with Crippen molar-refractivity contribution in [1.29, 1.82) is 5.26 Å². The second-order valence-corrected chi connectivity index (χ2v) is 4.80. The molecule has 2 amide bonds. The van der Waals surface area contributed by atoms with Crippen molar-refractivity contribution in [2.45, 2.75) is 19.9 Å². The Hall–Kier alpha value is -1.41. The number of likely N-dealkylation sites (tertiary alicyclic amines) is 1. The van der Waals surface area contributed by atoms with Gasteiger partial charge in [0.2, 0.25) is 11.8 Å². The number of carbonyl (C=O) groups excluding carboxylic acids is 2. The largest absolute Gasteiger partial charge is 0.314 e. The first-order valence-electron chi connectivity index (χ1n) is 4.91. The van der Waals surface area contributed by atoms with Crippen LogP contribution in [0.1, 0.15) is 13.8 Å². The fraction of sp³-hybridized carbons (Fsp3) is 0.700. The van der Waals surface area contributed by atoms with E-state index in [0.717, 1.165) is 4.90 Å². The number of nitriles is 1. The predicted octanol–water partition coefficient (Wildman–Crippen LogP) is -0.522. The molecule has 0 aromatic rings. The summed E-state index contributed by atoms with van der Waals surface area (Å²) >= 11 is 0. The molecule has 2 aliphatic rings. The first-order chi connectivity index (χ1) is 6.91. The molecule has 2 fully saturated rings. The number of hydrogen-bond acceptors (Lipinski definition) is 4. The lowest BCUT2D eigenvalue weighted by Crippen LogP contribution is -2.43. The van der Waals surface area contributed by atoms with Gasteiger partial charge in [0.15, 0.2) is 0 Å². The summed E-state index contributed by atoms with van der Waals surface area (Å²) in [5.74, 6) is -0.701. The first-order valence-corrected chi connectivity index (χ1v) is 4.91. The number of piperidine rings is 1. The summed E-state index contributed by atoms with van der Waals surface area (Å²) in [6, 6.07) is 1.04. The fourth-order valence-electron chi connectivity index (χ4n) is 2.42. The average Bonchev–Trinajstić information content (AvgIpc) is 2.64. The molecule has 1 saturated carbocycles. The van der Waals surface area contributed by atoms with E-state index in [1.165, 1.54) is 0 Å². The smallest absolute Gasteiger partial charge is 0.233 e. The molecule has 3 unspecified atom stereocenters. The third-order valence-corrected chi connectivity index (χ3v) is 3.44. The van der Waals surface area contributed by atoms with Crippen LogP contribution in [0.3, 0.4) is 0 Å². The zero-order chi connectivity index (χ0) is 11.4. The van der Waals surface area contributed by atoms with Gasteiger partial charge in [-0.3, -0.25) is 14.5 Å². The first kappa shape index (κ1) is 10.1. The van der Waals surface area contributed by atoms with Crippen molar-refractivity contribution in [3.8, 4) is 6.07 Å². The normalized spacial score (nSPS) is 33.6. The third-order valence-electron chi connectivity index (χ3n) is 3.44. The highest BCUT2D eigenvalue weighted by atomic mass is 16.2. The molecule has 5 heteroatoms. The molecule has 2 rings (SSSR count). The van der Waals surface area contributed by atoms with Crippen molar-refractivity contribution in [1.82, 2.24) is 4.90 Å². The second kappa shape index (κ2) is 2.80. The summed E-state index contributed by atoms with van der Waals surface area (Å²) in [5.41, 5.74) is 5.20. The molecule has 80 valence electrons. The van der Waals surface area contributed by atoms with Gasteiger partial charge >= 0.3 is 0 Å². The van der Waals surface area contributed by atoms with Crippen molar-refractivity contribution >= 4 is 11.8 Å². The molecule has 0 aromatic carbocycles. The van der Waals surface area contributed by atoms with Crippen LogP contribution in [0, 0.1) is 28.6 Å². The average molecular weight is 207 g/mol. The van der Waals surface area contributed by atoms with Crippen LogP contribution in [0.15, 0.2) is 0 Å². The minimum atomic E-state index is -0.779. The molecule has 0 bridgehead atoms.